The summed E-state index contributed by atoms with van der Waals surface area (Å²) in [6.45, 7) is 2.16. The van der Waals surface area contributed by atoms with Crippen molar-refractivity contribution in [3.05, 3.63) is 12.2 Å². The van der Waals surface area contributed by atoms with Crippen molar-refractivity contribution in [1.29, 1.82) is 0 Å². The molecule has 2 aliphatic rings. The highest BCUT2D eigenvalue weighted by Gasteiger charge is 2.41. The van der Waals surface area contributed by atoms with Crippen LogP contribution in [0.3, 0.4) is 0 Å². The first-order valence-electron chi connectivity index (χ1n) is 10.5. The van der Waals surface area contributed by atoms with E-state index in [1.807, 2.05) is 12.2 Å². The van der Waals surface area contributed by atoms with E-state index < -0.39 is 6.10 Å². The Labute approximate surface area is 163 Å². The van der Waals surface area contributed by atoms with Gasteiger partial charge in [-0.25, -0.2) is 0 Å². The Hall–Kier alpha value is -1.20. The van der Waals surface area contributed by atoms with Crippen LogP contribution in [0.5, 0.6) is 0 Å². The maximum atomic E-state index is 12.3. The van der Waals surface area contributed by atoms with Crippen LogP contribution in [0.4, 0.5) is 0 Å². The van der Waals surface area contributed by atoms with E-state index in [1.54, 1.807) is 0 Å². The van der Waals surface area contributed by atoms with Crippen LogP contribution in [-0.2, 0) is 14.3 Å². The number of rotatable bonds is 11. The highest BCUT2D eigenvalue weighted by atomic mass is 16.5. The summed E-state index contributed by atoms with van der Waals surface area (Å²) in [6.07, 6.45) is 11.8. The molecule has 0 heterocycles. The van der Waals surface area contributed by atoms with Crippen molar-refractivity contribution in [3.8, 4) is 0 Å². The lowest BCUT2D eigenvalue weighted by Gasteiger charge is -2.42. The van der Waals surface area contributed by atoms with Crippen LogP contribution < -0.4 is 0 Å². The monoisotopic (exact) mass is 380 g/mol. The van der Waals surface area contributed by atoms with Crippen LogP contribution in [0.25, 0.3) is 0 Å². The first kappa shape index (κ1) is 22.1. The Balaban J connectivity index is 1.73. The molecular formula is C22H36O5. The SMILES string of the molecule is COC(=O)CCC/C=C\C[C@H]1C(=O)CC(O)[C@@H]1CCCC(O)C1(C)CCC1. The van der Waals surface area contributed by atoms with Gasteiger partial charge in [-0.1, -0.05) is 31.9 Å². The Morgan fingerprint density at radius 2 is 2.07 bits per heavy atom. The van der Waals surface area contributed by atoms with Crippen molar-refractivity contribution in [3.63, 3.8) is 0 Å². The maximum absolute atomic E-state index is 12.3. The van der Waals surface area contributed by atoms with Crippen LogP contribution in [0.1, 0.15) is 77.6 Å². The fourth-order valence-electron chi connectivity index (χ4n) is 4.51. The zero-order chi connectivity index (χ0) is 19.9. The average molecular weight is 381 g/mol. The molecule has 2 N–H and O–H groups in total. The molecule has 2 fully saturated rings. The number of allylic oxidation sites excluding steroid dienone is 2. The van der Waals surface area contributed by atoms with E-state index in [4.69, 9.17) is 0 Å². The summed E-state index contributed by atoms with van der Waals surface area (Å²) in [6, 6.07) is 0. The fraction of sp³-hybridized carbons (Fsp3) is 0.818. The molecule has 0 amide bonds. The average Bonchev–Trinajstić information content (AvgIpc) is 2.88. The van der Waals surface area contributed by atoms with Gasteiger partial charge in [0.25, 0.3) is 0 Å². The highest BCUT2D eigenvalue weighted by molar-refractivity contribution is 5.84. The van der Waals surface area contributed by atoms with Gasteiger partial charge in [0, 0.05) is 18.8 Å². The predicted molar refractivity (Wildman–Crippen MR) is 104 cm³/mol. The van der Waals surface area contributed by atoms with Gasteiger partial charge in [0.15, 0.2) is 0 Å². The van der Waals surface area contributed by atoms with E-state index in [1.165, 1.54) is 13.5 Å². The van der Waals surface area contributed by atoms with E-state index in [-0.39, 0.29) is 41.5 Å². The molecule has 4 atom stereocenters. The number of ketones is 1. The number of aliphatic hydroxyl groups excluding tert-OH is 2. The van der Waals surface area contributed by atoms with Gasteiger partial charge in [-0.3, -0.25) is 9.59 Å². The van der Waals surface area contributed by atoms with Crippen LogP contribution in [0, 0.1) is 17.3 Å². The number of carbonyl (C=O) groups excluding carboxylic acids is 2. The lowest BCUT2D eigenvalue weighted by molar-refractivity contribution is -0.140. The lowest BCUT2D eigenvalue weighted by Crippen LogP contribution is -2.38. The third kappa shape index (κ3) is 6.15. The maximum Gasteiger partial charge on any atom is 0.305 e. The lowest BCUT2D eigenvalue weighted by atomic mass is 9.65. The largest absolute Gasteiger partial charge is 0.469 e. The molecule has 0 aliphatic heterocycles. The minimum absolute atomic E-state index is 0.00128. The minimum atomic E-state index is -0.549. The van der Waals surface area contributed by atoms with Crippen LogP contribution in [0.2, 0.25) is 0 Å². The quantitative estimate of drug-likeness (QED) is 0.325. The van der Waals surface area contributed by atoms with E-state index in [9.17, 15) is 19.8 Å². The van der Waals surface area contributed by atoms with E-state index in [0.717, 1.165) is 44.9 Å². The topological polar surface area (TPSA) is 83.8 Å². The molecular weight excluding hydrogens is 344 g/mol. The standard InChI is InChI=1S/C22H36O5/c1-22(13-8-14-22)20(25)11-7-10-17-16(18(23)15-19(17)24)9-5-3-4-6-12-21(26)27-2/h3,5,16-17,19-20,24-25H,4,6-15H2,1-2H3/b5-3-/t16-,17-,19?,20?/m1/s1. The molecule has 2 unspecified atom stereocenters. The van der Waals surface area contributed by atoms with Crippen molar-refractivity contribution in [2.75, 3.05) is 7.11 Å². The van der Waals surface area contributed by atoms with Gasteiger partial charge >= 0.3 is 5.97 Å². The number of methoxy groups -OCH3 is 1. The Morgan fingerprint density at radius 1 is 1.33 bits per heavy atom. The number of esters is 1. The smallest absolute Gasteiger partial charge is 0.305 e. The number of ether oxygens (including phenoxy) is 1. The molecule has 0 aromatic heterocycles. The van der Waals surface area contributed by atoms with Gasteiger partial charge in [-0.05, 0) is 56.3 Å². The Kier molecular flexibility index (Phi) is 8.49. The molecule has 0 radical (unpaired) electrons. The van der Waals surface area contributed by atoms with Gasteiger partial charge in [0.05, 0.1) is 19.3 Å². The molecule has 0 bridgehead atoms. The Bertz CT molecular complexity index is 523. The summed E-state index contributed by atoms with van der Waals surface area (Å²) in [7, 11) is 1.39. The summed E-state index contributed by atoms with van der Waals surface area (Å²) in [5, 5.41) is 20.7. The Morgan fingerprint density at radius 3 is 2.70 bits per heavy atom. The van der Waals surface area contributed by atoms with Gasteiger partial charge in [0.2, 0.25) is 0 Å². The molecule has 2 saturated carbocycles. The molecule has 5 heteroatoms. The number of carbonyl (C=O) groups is 2. The summed E-state index contributed by atoms with van der Waals surface area (Å²) in [5.41, 5.74) is 0.0798. The molecule has 154 valence electrons. The summed E-state index contributed by atoms with van der Waals surface area (Å²) in [4.78, 5) is 23.3. The van der Waals surface area contributed by atoms with Crippen molar-refractivity contribution in [2.24, 2.45) is 17.3 Å². The van der Waals surface area contributed by atoms with E-state index in [0.29, 0.717) is 12.8 Å². The third-order valence-electron chi connectivity index (χ3n) is 6.69. The zero-order valence-electron chi connectivity index (χ0n) is 16.9. The molecule has 0 aromatic carbocycles. The molecule has 0 saturated heterocycles. The minimum Gasteiger partial charge on any atom is -0.469 e. The van der Waals surface area contributed by atoms with Crippen molar-refractivity contribution < 1.29 is 24.5 Å². The van der Waals surface area contributed by atoms with Crippen LogP contribution in [0.15, 0.2) is 12.2 Å². The highest BCUT2D eigenvalue weighted by Crippen LogP contribution is 2.45. The predicted octanol–water partition coefficient (Wildman–Crippen LogP) is 3.56. The first-order valence-corrected chi connectivity index (χ1v) is 10.5. The van der Waals surface area contributed by atoms with E-state index >= 15 is 0 Å². The molecule has 0 spiro atoms. The second-order valence-electron chi connectivity index (χ2n) is 8.64. The second kappa shape index (κ2) is 10.4. The molecule has 5 nitrogen and oxygen atoms in total. The fourth-order valence-corrected chi connectivity index (χ4v) is 4.51. The zero-order valence-corrected chi connectivity index (χ0v) is 16.9. The van der Waals surface area contributed by atoms with Gasteiger partial charge in [0.1, 0.15) is 5.78 Å². The van der Waals surface area contributed by atoms with Gasteiger partial charge in [-0.15, -0.1) is 0 Å². The second-order valence-corrected chi connectivity index (χ2v) is 8.64. The number of unbranched alkanes of at least 4 members (excludes halogenated alkanes) is 1. The number of aliphatic hydroxyl groups is 2. The first-order chi connectivity index (χ1) is 12.9. The van der Waals surface area contributed by atoms with Crippen molar-refractivity contribution in [1.82, 2.24) is 0 Å². The van der Waals surface area contributed by atoms with Crippen LogP contribution >= 0.6 is 0 Å². The molecule has 0 aromatic rings. The van der Waals surface area contributed by atoms with Gasteiger partial charge < -0.3 is 14.9 Å². The number of hydrogen-bond donors (Lipinski definition) is 2. The van der Waals surface area contributed by atoms with Crippen molar-refractivity contribution in [2.45, 2.75) is 89.8 Å². The molecule has 2 rings (SSSR count). The van der Waals surface area contributed by atoms with Gasteiger partial charge in [-0.2, -0.15) is 0 Å². The molecule has 2 aliphatic carbocycles. The third-order valence-corrected chi connectivity index (χ3v) is 6.69. The van der Waals surface area contributed by atoms with E-state index in [2.05, 4.69) is 11.7 Å². The van der Waals surface area contributed by atoms with Crippen LogP contribution in [-0.4, -0.2) is 41.3 Å². The number of hydrogen-bond acceptors (Lipinski definition) is 5. The summed E-state index contributed by atoms with van der Waals surface area (Å²) in [5.74, 6) is -0.166. The summed E-state index contributed by atoms with van der Waals surface area (Å²) < 4.78 is 4.61. The van der Waals surface area contributed by atoms with Crippen molar-refractivity contribution >= 4 is 11.8 Å². The molecule has 27 heavy (non-hydrogen) atoms. The normalized spacial score (nSPS) is 28.3. The number of Topliss-reactive ketones (excluding diaryl/α,β-unsaturated/α-hetero) is 1. The summed E-state index contributed by atoms with van der Waals surface area (Å²) >= 11 is 0.